The molecule has 15 heavy (non-hydrogen) atoms. The van der Waals surface area contributed by atoms with Crippen molar-refractivity contribution in [3.05, 3.63) is 0 Å². The van der Waals surface area contributed by atoms with E-state index in [1.54, 1.807) is 7.11 Å². The van der Waals surface area contributed by atoms with Gasteiger partial charge in [0.1, 0.15) is 0 Å². The third-order valence-corrected chi connectivity index (χ3v) is 3.87. The van der Waals surface area contributed by atoms with Gasteiger partial charge in [-0.3, -0.25) is 0 Å². The lowest BCUT2D eigenvalue weighted by Crippen LogP contribution is -2.41. The van der Waals surface area contributed by atoms with E-state index in [-0.39, 0.29) is 0 Å². The van der Waals surface area contributed by atoms with Crippen LogP contribution in [0.25, 0.3) is 0 Å². The van der Waals surface area contributed by atoms with Crippen LogP contribution in [0.3, 0.4) is 0 Å². The molecule has 1 saturated carbocycles. The van der Waals surface area contributed by atoms with Gasteiger partial charge >= 0.3 is 0 Å². The minimum Gasteiger partial charge on any atom is -0.385 e. The Labute approximate surface area is 94.8 Å². The number of nitrogens with one attached hydrogen (secondary N) is 1. The lowest BCUT2D eigenvalue weighted by atomic mass is 9.79. The first-order valence-electron chi connectivity index (χ1n) is 6.38. The van der Waals surface area contributed by atoms with Gasteiger partial charge in [0.2, 0.25) is 0 Å². The molecule has 4 unspecified atom stereocenters. The van der Waals surface area contributed by atoms with Gasteiger partial charge in [-0.25, -0.2) is 0 Å². The van der Waals surface area contributed by atoms with Crippen molar-refractivity contribution >= 4 is 0 Å². The van der Waals surface area contributed by atoms with E-state index in [2.05, 4.69) is 26.1 Å². The van der Waals surface area contributed by atoms with Crippen molar-refractivity contribution in [1.29, 1.82) is 0 Å². The van der Waals surface area contributed by atoms with Gasteiger partial charge in [-0.05, 0) is 44.4 Å². The third-order valence-electron chi connectivity index (χ3n) is 3.87. The Morgan fingerprint density at radius 1 is 1.27 bits per heavy atom. The molecule has 0 aromatic rings. The van der Waals surface area contributed by atoms with Crippen LogP contribution in [0.15, 0.2) is 0 Å². The Kier molecular flexibility index (Phi) is 5.62. The minimum atomic E-state index is 0.593. The van der Waals surface area contributed by atoms with Gasteiger partial charge < -0.3 is 10.1 Å². The van der Waals surface area contributed by atoms with Gasteiger partial charge in [0.15, 0.2) is 0 Å². The maximum atomic E-state index is 5.10. The molecule has 0 spiro atoms. The first-order chi connectivity index (χ1) is 7.13. The van der Waals surface area contributed by atoms with Crippen LogP contribution in [-0.2, 0) is 4.74 Å². The van der Waals surface area contributed by atoms with Crippen LogP contribution < -0.4 is 5.32 Å². The largest absolute Gasteiger partial charge is 0.385 e. The summed E-state index contributed by atoms with van der Waals surface area (Å²) in [6, 6.07) is 1.33. The van der Waals surface area contributed by atoms with Crippen molar-refractivity contribution in [2.75, 3.05) is 13.7 Å². The lowest BCUT2D eigenvalue weighted by molar-refractivity contribution is 0.171. The smallest absolute Gasteiger partial charge is 0.0476 e. The molecule has 0 aliphatic heterocycles. The van der Waals surface area contributed by atoms with E-state index < -0.39 is 0 Å². The molecule has 0 aromatic carbocycles. The van der Waals surface area contributed by atoms with E-state index in [9.17, 15) is 0 Å². The van der Waals surface area contributed by atoms with E-state index >= 15 is 0 Å². The molecule has 0 heterocycles. The number of methoxy groups -OCH3 is 1. The van der Waals surface area contributed by atoms with Gasteiger partial charge in [0, 0.05) is 25.8 Å². The summed E-state index contributed by atoms with van der Waals surface area (Å²) in [6.45, 7) is 7.90. The number of hydrogen-bond donors (Lipinski definition) is 1. The van der Waals surface area contributed by atoms with E-state index in [4.69, 9.17) is 4.74 Å². The molecule has 1 aliphatic carbocycles. The van der Waals surface area contributed by atoms with Gasteiger partial charge in [-0.1, -0.05) is 13.8 Å². The normalized spacial score (nSPS) is 34.0. The summed E-state index contributed by atoms with van der Waals surface area (Å²) in [4.78, 5) is 0. The standard InChI is InChI=1S/C13H27NO/c1-10-5-6-13(9-11(10)2)14-12(3)7-8-15-4/h10-14H,5-9H2,1-4H3. The zero-order valence-corrected chi connectivity index (χ0v) is 10.8. The highest BCUT2D eigenvalue weighted by Crippen LogP contribution is 2.29. The molecule has 0 radical (unpaired) electrons. The molecule has 2 nitrogen and oxygen atoms in total. The topological polar surface area (TPSA) is 21.3 Å². The predicted molar refractivity (Wildman–Crippen MR) is 65.1 cm³/mol. The Hall–Kier alpha value is -0.0800. The van der Waals surface area contributed by atoms with E-state index in [1.807, 2.05) is 0 Å². The summed E-state index contributed by atoms with van der Waals surface area (Å²) in [6.07, 6.45) is 5.20. The van der Waals surface area contributed by atoms with E-state index in [0.717, 1.165) is 30.9 Å². The highest BCUT2D eigenvalue weighted by molar-refractivity contribution is 4.81. The second kappa shape index (κ2) is 6.49. The Morgan fingerprint density at radius 3 is 2.60 bits per heavy atom. The molecule has 0 saturated heterocycles. The summed E-state index contributed by atoms with van der Waals surface area (Å²) >= 11 is 0. The van der Waals surface area contributed by atoms with Crippen LogP contribution in [0.2, 0.25) is 0 Å². The fraction of sp³-hybridized carbons (Fsp3) is 1.00. The molecule has 1 aliphatic rings. The Balaban J connectivity index is 2.21. The molecule has 0 aromatic heterocycles. The molecule has 1 rings (SSSR count). The molecule has 4 atom stereocenters. The molecular formula is C13H27NO. The first-order valence-corrected chi connectivity index (χ1v) is 6.38. The van der Waals surface area contributed by atoms with Crippen molar-refractivity contribution in [2.45, 2.75) is 58.5 Å². The summed E-state index contributed by atoms with van der Waals surface area (Å²) in [7, 11) is 1.77. The van der Waals surface area contributed by atoms with Gasteiger partial charge in [-0.2, -0.15) is 0 Å². The van der Waals surface area contributed by atoms with Crippen molar-refractivity contribution in [1.82, 2.24) is 5.32 Å². The quantitative estimate of drug-likeness (QED) is 0.758. The van der Waals surface area contributed by atoms with Gasteiger partial charge in [0.25, 0.3) is 0 Å². The second-order valence-corrected chi connectivity index (χ2v) is 5.31. The first kappa shape index (κ1) is 13.0. The summed E-state index contributed by atoms with van der Waals surface area (Å²) in [5.74, 6) is 1.79. The minimum absolute atomic E-state index is 0.593. The monoisotopic (exact) mass is 213 g/mol. The van der Waals surface area contributed by atoms with Crippen LogP contribution in [0.4, 0.5) is 0 Å². The Bertz CT molecular complexity index is 172. The average Bonchev–Trinajstić information content (AvgIpc) is 2.20. The number of ether oxygens (including phenoxy) is 1. The van der Waals surface area contributed by atoms with Crippen LogP contribution in [0.1, 0.15) is 46.5 Å². The zero-order chi connectivity index (χ0) is 11.3. The maximum absolute atomic E-state index is 5.10. The molecular weight excluding hydrogens is 186 g/mol. The van der Waals surface area contributed by atoms with Gasteiger partial charge in [0.05, 0.1) is 0 Å². The molecule has 0 amide bonds. The number of hydrogen-bond acceptors (Lipinski definition) is 2. The van der Waals surface area contributed by atoms with Crippen LogP contribution in [0.5, 0.6) is 0 Å². The fourth-order valence-corrected chi connectivity index (χ4v) is 2.48. The molecule has 2 heteroatoms. The fourth-order valence-electron chi connectivity index (χ4n) is 2.48. The highest BCUT2D eigenvalue weighted by atomic mass is 16.5. The molecule has 1 fully saturated rings. The molecule has 0 bridgehead atoms. The number of rotatable bonds is 5. The third kappa shape index (κ3) is 4.52. The zero-order valence-electron chi connectivity index (χ0n) is 10.8. The average molecular weight is 213 g/mol. The highest BCUT2D eigenvalue weighted by Gasteiger charge is 2.24. The van der Waals surface area contributed by atoms with Gasteiger partial charge in [-0.15, -0.1) is 0 Å². The summed E-state index contributed by atoms with van der Waals surface area (Å²) in [5, 5.41) is 3.72. The van der Waals surface area contributed by atoms with Crippen LogP contribution in [-0.4, -0.2) is 25.8 Å². The van der Waals surface area contributed by atoms with Crippen molar-refractivity contribution in [3.63, 3.8) is 0 Å². The molecule has 1 N–H and O–H groups in total. The molecule has 90 valence electrons. The Morgan fingerprint density at radius 2 is 2.00 bits per heavy atom. The summed E-state index contributed by atoms with van der Waals surface area (Å²) in [5.41, 5.74) is 0. The van der Waals surface area contributed by atoms with Crippen LogP contribution in [0, 0.1) is 11.8 Å². The lowest BCUT2D eigenvalue weighted by Gasteiger charge is -2.34. The van der Waals surface area contributed by atoms with Crippen molar-refractivity contribution < 1.29 is 4.74 Å². The van der Waals surface area contributed by atoms with Crippen molar-refractivity contribution in [3.8, 4) is 0 Å². The second-order valence-electron chi connectivity index (χ2n) is 5.31. The predicted octanol–water partition coefficient (Wildman–Crippen LogP) is 2.83. The van der Waals surface area contributed by atoms with E-state index in [0.29, 0.717) is 6.04 Å². The SMILES string of the molecule is COCCC(C)NC1CCC(C)C(C)C1. The van der Waals surface area contributed by atoms with Crippen molar-refractivity contribution in [2.24, 2.45) is 11.8 Å². The summed E-state index contributed by atoms with van der Waals surface area (Å²) < 4.78 is 5.10. The maximum Gasteiger partial charge on any atom is 0.0476 e. The van der Waals surface area contributed by atoms with E-state index in [1.165, 1.54) is 19.3 Å². The van der Waals surface area contributed by atoms with Crippen LogP contribution >= 0.6 is 0 Å².